The molecule has 31 heavy (non-hydrogen) atoms. The summed E-state index contributed by atoms with van der Waals surface area (Å²) < 4.78 is 27.6. The maximum absolute atomic E-state index is 12.6. The molecule has 2 N–H and O–H groups in total. The smallest absolute Gasteiger partial charge is 0.289 e. The lowest BCUT2D eigenvalue weighted by Gasteiger charge is -2.09. The highest BCUT2D eigenvalue weighted by atomic mass is 32.2. The highest BCUT2D eigenvalue weighted by Gasteiger charge is 2.25. The van der Waals surface area contributed by atoms with E-state index in [2.05, 4.69) is 20.0 Å². The highest BCUT2D eigenvalue weighted by molar-refractivity contribution is 7.92. The molecule has 0 radical (unpaired) electrons. The molecule has 4 rings (SSSR count). The Bertz CT molecular complexity index is 1320. The molecule has 0 unspecified atom stereocenters. The standard InChI is InChI=1S/C20H15N5O4S2/c26-25(27)18-3-1-2-4-19(18)31(28,29)24-16-7-5-15(6-8-16)22-20-23-17(13-30-20)14-9-11-21-12-10-14/h1-13,24H,(H,22,23). The van der Waals surface area contributed by atoms with Crippen molar-refractivity contribution in [2.45, 2.75) is 4.90 Å². The number of nitrogens with zero attached hydrogens (tertiary/aromatic N) is 3. The first kappa shape index (κ1) is 20.4. The minimum Gasteiger partial charge on any atom is -0.332 e. The Morgan fingerprint density at radius 3 is 2.32 bits per heavy atom. The Hall–Kier alpha value is -3.83. The molecule has 0 atom stereocenters. The second-order valence-electron chi connectivity index (χ2n) is 6.31. The third-order valence-corrected chi connectivity index (χ3v) is 6.41. The van der Waals surface area contributed by atoms with Crippen LogP contribution in [0.1, 0.15) is 0 Å². The summed E-state index contributed by atoms with van der Waals surface area (Å²) >= 11 is 1.44. The zero-order valence-electron chi connectivity index (χ0n) is 15.8. The van der Waals surface area contributed by atoms with Gasteiger partial charge in [-0.15, -0.1) is 11.3 Å². The number of aromatic nitrogens is 2. The molecule has 0 saturated heterocycles. The summed E-state index contributed by atoms with van der Waals surface area (Å²) in [7, 11) is -4.12. The maximum atomic E-state index is 12.6. The molecule has 0 amide bonds. The van der Waals surface area contributed by atoms with Gasteiger partial charge in [0.25, 0.3) is 15.7 Å². The van der Waals surface area contributed by atoms with Crippen LogP contribution < -0.4 is 10.0 Å². The van der Waals surface area contributed by atoms with Gasteiger partial charge in [-0.05, 0) is 42.5 Å². The first-order chi connectivity index (χ1) is 14.9. The molecule has 2 heterocycles. The van der Waals surface area contributed by atoms with Crippen LogP contribution in [0, 0.1) is 10.1 Å². The van der Waals surface area contributed by atoms with E-state index in [1.807, 2.05) is 17.5 Å². The summed E-state index contributed by atoms with van der Waals surface area (Å²) in [5.41, 5.74) is 2.29. The fourth-order valence-corrected chi connectivity index (χ4v) is 4.75. The summed E-state index contributed by atoms with van der Waals surface area (Å²) in [5, 5.41) is 16.9. The summed E-state index contributed by atoms with van der Waals surface area (Å²) in [5.74, 6) is 0. The molecular weight excluding hydrogens is 438 g/mol. The van der Waals surface area contributed by atoms with Crippen LogP contribution in [0.15, 0.2) is 83.3 Å². The average molecular weight is 454 g/mol. The van der Waals surface area contributed by atoms with Crippen LogP contribution in [0.25, 0.3) is 11.3 Å². The Morgan fingerprint density at radius 1 is 0.935 bits per heavy atom. The lowest BCUT2D eigenvalue weighted by molar-refractivity contribution is -0.387. The van der Waals surface area contributed by atoms with Crippen LogP contribution >= 0.6 is 11.3 Å². The normalized spacial score (nSPS) is 11.1. The number of nitro groups is 1. The minimum absolute atomic E-state index is 0.278. The SMILES string of the molecule is O=[N+]([O-])c1ccccc1S(=O)(=O)Nc1ccc(Nc2nc(-c3ccncc3)cs2)cc1. The van der Waals surface area contributed by atoms with Crippen molar-refractivity contribution >= 4 is 43.6 Å². The van der Waals surface area contributed by atoms with Gasteiger partial charge in [-0.25, -0.2) is 13.4 Å². The van der Waals surface area contributed by atoms with Crippen molar-refractivity contribution in [3.63, 3.8) is 0 Å². The van der Waals surface area contributed by atoms with Gasteiger partial charge in [-0.1, -0.05) is 12.1 Å². The second-order valence-corrected chi connectivity index (χ2v) is 8.82. The zero-order chi connectivity index (χ0) is 21.8. The summed E-state index contributed by atoms with van der Waals surface area (Å²) in [6.45, 7) is 0. The zero-order valence-corrected chi connectivity index (χ0v) is 17.4. The number of hydrogen-bond donors (Lipinski definition) is 2. The fraction of sp³-hybridized carbons (Fsp3) is 0. The Labute approximate surface area is 181 Å². The quantitative estimate of drug-likeness (QED) is 0.308. The van der Waals surface area contributed by atoms with Crippen LogP contribution in [-0.4, -0.2) is 23.3 Å². The van der Waals surface area contributed by atoms with Gasteiger partial charge in [0.2, 0.25) is 0 Å². The number of nitro benzene ring substituents is 1. The molecule has 0 saturated carbocycles. The van der Waals surface area contributed by atoms with Crippen LogP contribution in [-0.2, 0) is 10.0 Å². The average Bonchev–Trinajstić information content (AvgIpc) is 3.24. The van der Waals surface area contributed by atoms with E-state index in [9.17, 15) is 18.5 Å². The Morgan fingerprint density at radius 2 is 1.61 bits per heavy atom. The van der Waals surface area contributed by atoms with Gasteiger partial charge in [0.05, 0.1) is 10.6 Å². The number of pyridine rings is 1. The van der Waals surface area contributed by atoms with Gasteiger partial charge < -0.3 is 5.32 Å². The molecule has 9 nitrogen and oxygen atoms in total. The predicted octanol–water partition coefficient (Wildman–Crippen LogP) is 4.66. The molecule has 0 aliphatic carbocycles. The van der Waals surface area contributed by atoms with E-state index >= 15 is 0 Å². The topological polar surface area (TPSA) is 127 Å². The Kier molecular flexibility index (Phi) is 5.60. The maximum Gasteiger partial charge on any atom is 0.289 e. The number of anilines is 3. The van der Waals surface area contributed by atoms with E-state index in [4.69, 9.17) is 0 Å². The van der Waals surface area contributed by atoms with Crippen molar-refractivity contribution < 1.29 is 13.3 Å². The number of nitrogens with one attached hydrogen (secondary N) is 2. The van der Waals surface area contributed by atoms with Crippen LogP contribution in [0.4, 0.5) is 22.2 Å². The molecule has 0 fully saturated rings. The molecule has 0 spiro atoms. The van der Waals surface area contributed by atoms with E-state index in [0.29, 0.717) is 10.8 Å². The van der Waals surface area contributed by atoms with Gasteiger partial charge in [0.1, 0.15) is 0 Å². The first-order valence-corrected chi connectivity index (χ1v) is 11.3. The summed E-state index contributed by atoms with van der Waals surface area (Å²) in [4.78, 5) is 18.5. The summed E-state index contributed by atoms with van der Waals surface area (Å²) in [6, 6.07) is 15.4. The van der Waals surface area contributed by atoms with Crippen molar-refractivity contribution in [1.29, 1.82) is 0 Å². The van der Waals surface area contributed by atoms with Gasteiger partial charge in [0, 0.05) is 40.8 Å². The number of rotatable bonds is 7. The van der Waals surface area contributed by atoms with E-state index in [1.54, 1.807) is 36.7 Å². The first-order valence-electron chi connectivity index (χ1n) is 8.92. The highest BCUT2D eigenvalue weighted by Crippen LogP contribution is 2.28. The van der Waals surface area contributed by atoms with Gasteiger partial charge in [-0.3, -0.25) is 19.8 Å². The molecule has 0 bridgehead atoms. The number of hydrogen-bond acceptors (Lipinski definition) is 8. The van der Waals surface area contributed by atoms with Crippen molar-refractivity contribution in [2.24, 2.45) is 0 Å². The largest absolute Gasteiger partial charge is 0.332 e. The molecule has 2 aromatic heterocycles. The Balaban J connectivity index is 1.48. The lowest BCUT2D eigenvalue weighted by Crippen LogP contribution is -2.14. The minimum atomic E-state index is -4.12. The lowest BCUT2D eigenvalue weighted by atomic mass is 10.2. The van der Waals surface area contributed by atoms with Gasteiger partial charge in [-0.2, -0.15) is 0 Å². The number of benzene rings is 2. The van der Waals surface area contributed by atoms with Crippen molar-refractivity contribution in [2.75, 3.05) is 10.0 Å². The van der Waals surface area contributed by atoms with Crippen LogP contribution in [0.3, 0.4) is 0 Å². The molecule has 4 aromatic rings. The number of sulfonamides is 1. The van der Waals surface area contributed by atoms with Gasteiger partial charge in [0.15, 0.2) is 10.0 Å². The third kappa shape index (κ3) is 4.68. The van der Waals surface area contributed by atoms with E-state index in [1.165, 1.54) is 29.5 Å². The molecule has 2 aromatic carbocycles. The van der Waals surface area contributed by atoms with E-state index in [0.717, 1.165) is 17.3 Å². The van der Waals surface area contributed by atoms with Crippen molar-refractivity contribution in [1.82, 2.24) is 9.97 Å². The second kappa shape index (κ2) is 8.50. The van der Waals surface area contributed by atoms with Gasteiger partial charge >= 0.3 is 0 Å². The van der Waals surface area contributed by atoms with E-state index in [-0.39, 0.29) is 5.69 Å². The van der Waals surface area contributed by atoms with Crippen LogP contribution in [0.2, 0.25) is 0 Å². The predicted molar refractivity (Wildman–Crippen MR) is 119 cm³/mol. The molecule has 11 heteroatoms. The van der Waals surface area contributed by atoms with Crippen molar-refractivity contribution in [3.8, 4) is 11.3 Å². The summed E-state index contributed by atoms with van der Waals surface area (Å²) in [6.07, 6.45) is 3.40. The van der Waals surface area contributed by atoms with Crippen molar-refractivity contribution in [3.05, 3.63) is 88.6 Å². The van der Waals surface area contributed by atoms with Crippen LogP contribution in [0.5, 0.6) is 0 Å². The molecule has 156 valence electrons. The number of thiazole rings is 1. The monoisotopic (exact) mass is 453 g/mol. The third-order valence-electron chi connectivity index (χ3n) is 4.22. The molecule has 0 aliphatic rings. The number of para-hydroxylation sites is 1. The molecular formula is C20H15N5O4S2. The molecule has 0 aliphatic heterocycles. The fourth-order valence-electron chi connectivity index (χ4n) is 2.78. The van der Waals surface area contributed by atoms with E-state index < -0.39 is 25.5 Å².